The van der Waals surface area contributed by atoms with Crippen LogP contribution in [0.25, 0.3) is 5.69 Å². The van der Waals surface area contributed by atoms with Gasteiger partial charge >= 0.3 is 11.9 Å². The van der Waals surface area contributed by atoms with Gasteiger partial charge in [-0.15, -0.1) is 0 Å². The quantitative estimate of drug-likeness (QED) is 0.0421. The molecular formula is C42H54N4O6S. The lowest BCUT2D eigenvalue weighted by Gasteiger charge is -2.10. The number of aromatic carboxylic acids is 2. The Morgan fingerprint density at radius 3 is 1.75 bits per heavy atom. The summed E-state index contributed by atoms with van der Waals surface area (Å²) in [5.74, 6) is -2.52. The fourth-order valence-corrected chi connectivity index (χ4v) is 7.19. The van der Waals surface area contributed by atoms with Crippen LogP contribution in [-0.4, -0.2) is 44.4 Å². The molecule has 284 valence electrons. The maximum atomic E-state index is 13.7. The van der Waals surface area contributed by atoms with E-state index >= 15 is 0 Å². The van der Waals surface area contributed by atoms with Crippen molar-refractivity contribution >= 4 is 41.1 Å². The lowest BCUT2D eigenvalue weighted by atomic mass is 10.0. The summed E-state index contributed by atoms with van der Waals surface area (Å²) in [4.78, 5) is 51.1. The molecule has 0 atom stereocenters. The van der Waals surface area contributed by atoms with Crippen LogP contribution in [0.1, 0.15) is 141 Å². The second-order valence-electron chi connectivity index (χ2n) is 13.5. The molecule has 0 spiro atoms. The number of benzene rings is 3. The number of para-hydroxylation sites is 1. The van der Waals surface area contributed by atoms with Gasteiger partial charge < -0.3 is 20.8 Å². The number of anilines is 2. The second-order valence-corrected chi connectivity index (χ2v) is 14.6. The van der Waals surface area contributed by atoms with Crippen molar-refractivity contribution in [3.63, 3.8) is 0 Å². The Morgan fingerprint density at radius 1 is 0.660 bits per heavy atom. The van der Waals surface area contributed by atoms with Crippen molar-refractivity contribution in [1.82, 2.24) is 15.1 Å². The molecule has 4 aromatic rings. The standard InChI is InChI=1S/C42H54N4O6S/c1-2-3-4-5-6-7-8-9-10-11-12-13-14-15-16-20-26-43-39(47)31-22-21-25-36(30-31)53-37-38(45-46(40(37)48)35-23-18-17-19-24-35)44-34-28-32(41(49)50)27-33(29-34)42(51)52/h17-19,21-25,27-30,44-45H,2-16,20,26H2,1H3,(H,43,47)(H,49,50)(H,51,52). The molecule has 3 aromatic carbocycles. The predicted molar refractivity (Wildman–Crippen MR) is 212 cm³/mol. The molecule has 0 saturated carbocycles. The van der Waals surface area contributed by atoms with Crippen molar-refractivity contribution < 1.29 is 24.6 Å². The molecule has 4 rings (SSSR count). The van der Waals surface area contributed by atoms with Gasteiger partial charge in [-0.05, 0) is 55.0 Å². The summed E-state index contributed by atoms with van der Waals surface area (Å²) in [6, 6.07) is 19.6. The van der Waals surface area contributed by atoms with E-state index in [0.29, 0.717) is 22.7 Å². The van der Waals surface area contributed by atoms with Gasteiger partial charge in [0.05, 0.1) is 16.8 Å². The van der Waals surface area contributed by atoms with Crippen LogP contribution in [0.4, 0.5) is 11.5 Å². The van der Waals surface area contributed by atoms with Crippen LogP contribution >= 0.6 is 11.8 Å². The zero-order valence-corrected chi connectivity index (χ0v) is 31.6. The number of H-pyrrole nitrogens is 1. The fourth-order valence-electron chi connectivity index (χ4n) is 6.25. The first kappa shape index (κ1) is 41.0. The summed E-state index contributed by atoms with van der Waals surface area (Å²) >= 11 is 1.14. The maximum absolute atomic E-state index is 13.7. The Hall–Kier alpha value is -4.77. The molecule has 0 aliphatic rings. The number of carbonyl (C=O) groups excluding carboxylic acids is 1. The monoisotopic (exact) mass is 742 g/mol. The molecule has 11 heteroatoms. The van der Waals surface area contributed by atoms with Crippen molar-refractivity contribution in [2.45, 2.75) is 119 Å². The summed E-state index contributed by atoms with van der Waals surface area (Å²) < 4.78 is 1.35. The van der Waals surface area contributed by atoms with Gasteiger partial charge in [-0.2, -0.15) is 0 Å². The van der Waals surface area contributed by atoms with Crippen molar-refractivity contribution in [3.05, 3.63) is 99.8 Å². The van der Waals surface area contributed by atoms with Gasteiger partial charge in [0.15, 0.2) is 0 Å². The third-order valence-electron chi connectivity index (χ3n) is 9.19. The van der Waals surface area contributed by atoms with Gasteiger partial charge in [0.2, 0.25) is 0 Å². The zero-order valence-electron chi connectivity index (χ0n) is 30.8. The Balaban J connectivity index is 1.28. The van der Waals surface area contributed by atoms with Crippen LogP contribution in [0.2, 0.25) is 0 Å². The minimum Gasteiger partial charge on any atom is -0.478 e. The average molecular weight is 743 g/mol. The number of carboxylic acids is 2. The maximum Gasteiger partial charge on any atom is 0.335 e. The SMILES string of the molecule is CCCCCCCCCCCCCCCCCCNC(=O)c1cccc(Sc2c(Nc3cc(C(=O)O)cc(C(=O)O)c3)[nH]n(-c3ccccc3)c2=O)c1. The molecule has 1 aromatic heterocycles. The molecule has 0 saturated heterocycles. The van der Waals surface area contributed by atoms with Crippen LogP contribution < -0.4 is 16.2 Å². The molecule has 1 heterocycles. The average Bonchev–Trinajstić information content (AvgIpc) is 3.46. The first-order valence-electron chi connectivity index (χ1n) is 19.1. The van der Waals surface area contributed by atoms with Crippen molar-refractivity contribution in [2.24, 2.45) is 0 Å². The number of rotatable bonds is 25. The van der Waals surface area contributed by atoms with Crippen LogP contribution in [0, 0.1) is 0 Å². The number of carbonyl (C=O) groups is 3. The van der Waals surface area contributed by atoms with E-state index in [0.717, 1.165) is 30.7 Å². The Kier molecular flexibility index (Phi) is 17.3. The third-order valence-corrected chi connectivity index (χ3v) is 10.3. The first-order chi connectivity index (χ1) is 25.8. The number of hydrogen-bond donors (Lipinski definition) is 5. The number of nitrogens with one attached hydrogen (secondary N) is 3. The molecule has 10 nitrogen and oxygen atoms in total. The Bertz CT molecular complexity index is 1790. The van der Waals surface area contributed by atoms with E-state index in [1.807, 2.05) is 6.07 Å². The largest absolute Gasteiger partial charge is 0.478 e. The van der Waals surface area contributed by atoms with Crippen molar-refractivity contribution in [2.75, 3.05) is 11.9 Å². The van der Waals surface area contributed by atoms with Crippen LogP contribution in [0.5, 0.6) is 0 Å². The van der Waals surface area contributed by atoms with E-state index in [2.05, 4.69) is 22.7 Å². The molecule has 5 N–H and O–H groups in total. The molecule has 1 amide bonds. The van der Waals surface area contributed by atoms with Gasteiger partial charge in [0.1, 0.15) is 10.7 Å². The Morgan fingerprint density at radius 2 is 1.21 bits per heavy atom. The first-order valence-corrected chi connectivity index (χ1v) is 19.9. The highest BCUT2D eigenvalue weighted by Crippen LogP contribution is 2.33. The zero-order chi connectivity index (χ0) is 37.8. The number of amides is 1. The van der Waals surface area contributed by atoms with E-state index < -0.39 is 11.9 Å². The number of hydrogen-bond acceptors (Lipinski definition) is 6. The van der Waals surface area contributed by atoms with Crippen LogP contribution in [0.3, 0.4) is 0 Å². The normalized spacial score (nSPS) is 11.0. The van der Waals surface area contributed by atoms with Crippen LogP contribution in [0.15, 0.2) is 87.4 Å². The van der Waals surface area contributed by atoms with Crippen molar-refractivity contribution in [3.8, 4) is 5.69 Å². The van der Waals surface area contributed by atoms with E-state index in [1.54, 1.807) is 48.5 Å². The Labute approximate surface area is 316 Å². The summed E-state index contributed by atoms with van der Waals surface area (Å²) in [6.07, 6.45) is 20.7. The molecule has 0 aliphatic carbocycles. The molecule has 0 bridgehead atoms. The van der Waals surface area contributed by atoms with E-state index in [4.69, 9.17) is 0 Å². The minimum absolute atomic E-state index is 0.174. The highest BCUT2D eigenvalue weighted by atomic mass is 32.2. The number of aromatic nitrogens is 2. The van der Waals surface area contributed by atoms with Crippen LogP contribution in [-0.2, 0) is 0 Å². The van der Waals surface area contributed by atoms with Gasteiger partial charge in [-0.3, -0.25) is 14.7 Å². The molecule has 0 unspecified atom stereocenters. The van der Waals surface area contributed by atoms with Gasteiger partial charge in [0.25, 0.3) is 11.5 Å². The second kappa shape index (κ2) is 22.3. The third kappa shape index (κ3) is 13.6. The van der Waals surface area contributed by atoms with Gasteiger partial charge in [-0.1, -0.05) is 139 Å². The summed E-state index contributed by atoms with van der Waals surface area (Å²) in [7, 11) is 0. The number of nitrogens with zero attached hydrogens (tertiary/aromatic N) is 1. The molecule has 0 aliphatic heterocycles. The van der Waals surface area contributed by atoms with E-state index in [9.17, 15) is 29.4 Å². The summed E-state index contributed by atoms with van der Waals surface area (Å²) in [6.45, 7) is 2.86. The molecule has 0 radical (unpaired) electrons. The fraction of sp³-hybridized carbons (Fsp3) is 0.429. The van der Waals surface area contributed by atoms with Crippen molar-refractivity contribution in [1.29, 1.82) is 0 Å². The minimum atomic E-state index is -1.29. The predicted octanol–water partition coefficient (Wildman–Crippen LogP) is 10.4. The molecular weight excluding hydrogens is 689 g/mol. The van der Waals surface area contributed by atoms with Gasteiger partial charge in [-0.25, -0.2) is 14.3 Å². The van der Waals surface area contributed by atoms with E-state index in [1.165, 1.54) is 107 Å². The lowest BCUT2D eigenvalue weighted by molar-refractivity contribution is 0.0696. The topological polar surface area (TPSA) is 154 Å². The smallest absolute Gasteiger partial charge is 0.335 e. The number of aromatic amines is 1. The number of carboxylic acid groups (broad SMARTS) is 2. The highest BCUT2D eigenvalue weighted by Gasteiger charge is 2.20. The highest BCUT2D eigenvalue weighted by molar-refractivity contribution is 7.99. The number of unbranched alkanes of at least 4 members (excludes halogenated alkanes) is 15. The summed E-state index contributed by atoms with van der Waals surface area (Å²) in [5, 5.41) is 28.2. The van der Waals surface area contributed by atoms with Gasteiger partial charge in [0, 0.05) is 22.7 Å². The lowest BCUT2D eigenvalue weighted by Crippen LogP contribution is -2.24. The summed E-state index contributed by atoms with van der Waals surface area (Å²) in [5.41, 5.74) is 0.400. The molecule has 53 heavy (non-hydrogen) atoms. The molecule has 0 fully saturated rings. The van der Waals surface area contributed by atoms with E-state index in [-0.39, 0.29) is 39.0 Å².